The van der Waals surface area contributed by atoms with Crippen molar-refractivity contribution in [2.24, 2.45) is 0 Å². The second-order valence-corrected chi connectivity index (χ2v) is 12.9. The summed E-state index contributed by atoms with van der Waals surface area (Å²) in [6.45, 7) is 3.63. The fourth-order valence-corrected chi connectivity index (χ4v) is 5.66. The van der Waals surface area contributed by atoms with E-state index in [1.807, 2.05) is 32.2 Å². The molecule has 1 unspecified atom stereocenters. The number of carbonyl (C=O) groups excluding carboxylic acids is 1. The van der Waals surface area contributed by atoms with Crippen molar-refractivity contribution in [1.82, 2.24) is 5.06 Å². The van der Waals surface area contributed by atoms with Gasteiger partial charge in [0.15, 0.2) is 5.47 Å². The van der Waals surface area contributed by atoms with Crippen molar-refractivity contribution in [3.8, 4) is 5.75 Å². The molecule has 150 valence electrons. The van der Waals surface area contributed by atoms with Gasteiger partial charge in [-0.3, -0.25) is 14.9 Å². The number of nitro benzene ring substituents is 1. The highest BCUT2D eigenvalue weighted by Gasteiger charge is 2.29. The molecule has 2 aromatic rings. The smallest absolute Gasteiger partial charge is 0.277 e. The molecule has 2 aromatic carbocycles. The summed E-state index contributed by atoms with van der Waals surface area (Å²) in [5, 5.41) is 12.9. The minimum atomic E-state index is -2.60. The molecule has 0 heterocycles. The first-order chi connectivity index (χ1) is 13.2. The summed E-state index contributed by atoms with van der Waals surface area (Å²) in [5.41, 5.74) is -2.39. The number of carbonyl (C=O) groups is 1. The maximum absolute atomic E-state index is 13.0. The zero-order chi connectivity index (χ0) is 20.9. The number of rotatable bonds is 8. The monoisotopic (exact) mass is 440 g/mol. The van der Waals surface area contributed by atoms with Crippen molar-refractivity contribution < 1.29 is 19.1 Å². The van der Waals surface area contributed by atoms with Crippen LogP contribution in [0.3, 0.4) is 0 Å². The van der Waals surface area contributed by atoms with Crippen LogP contribution in [0.25, 0.3) is 0 Å². The van der Waals surface area contributed by atoms with Crippen molar-refractivity contribution in [3.05, 3.63) is 64.2 Å². The highest BCUT2D eigenvalue weighted by atomic mass is 32.9. The van der Waals surface area contributed by atoms with Gasteiger partial charge >= 0.3 is 0 Å². The summed E-state index contributed by atoms with van der Waals surface area (Å²) >= 11 is 7.18. The molecule has 7 nitrogen and oxygen atoms in total. The van der Waals surface area contributed by atoms with E-state index in [9.17, 15) is 14.9 Å². The van der Waals surface area contributed by atoms with E-state index >= 15 is 0 Å². The van der Waals surface area contributed by atoms with Crippen LogP contribution >= 0.6 is 16.8 Å². The van der Waals surface area contributed by atoms with Crippen LogP contribution in [0.15, 0.2) is 48.5 Å². The van der Waals surface area contributed by atoms with Crippen LogP contribution in [-0.4, -0.2) is 35.3 Å². The first-order valence-corrected chi connectivity index (χ1v) is 12.8. The molecule has 0 bridgehead atoms. The van der Waals surface area contributed by atoms with Gasteiger partial charge in [0, 0.05) is 23.0 Å². The Morgan fingerprint density at radius 3 is 2.18 bits per heavy atom. The lowest BCUT2D eigenvalue weighted by atomic mass is 10.2. The average Bonchev–Trinajstić information content (AvgIpc) is 2.71. The van der Waals surface area contributed by atoms with E-state index < -0.39 is 16.3 Å². The van der Waals surface area contributed by atoms with Gasteiger partial charge in [-0.2, -0.15) is 0 Å². The van der Waals surface area contributed by atoms with Gasteiger partial charge in [-0.05, 0) is 68.3 Å². The van der Waals surface area contributed by atoms with Crippen LogP contribution < -0.4 is 10.0 Å². The van der Waals surface area contributed by atoms with E-state index in [2.05, 4.69) is 0 Å². The van der Waals surface area contributed by atoms with Gasteiger partial charge in [0.05, 0.1) is 18.1 Å². The van der Waals surface area contributed by atoms with Crippen LogP contribution in [0, 0.1) is 10.1 Å². The third-order valence-corrected chi connectivity index (χ3v) is 10.1. The minimum Gasteiger partial charge on any atom is -0.497 e. The molecule has 0 radical (unpaired) electrons. The number of nitro groups is 1. The molecular weight excluding hydrogens is 419 g/mol. The first kappa shape index (κ1) is 22.4. The van der Waals surface area contributed by atoms with Crippen molar-refractivity contribution in [3.63, 3.8) is 0 Å². The molecule has 1 amide bonds. The molecule has 0 aliphatic rings. The Bertz CT molecular complexity index is 888. The first-order valence-electron chi connectivity index (χ1n) is 8.30. The second kappa shape index (κ2) is 9.52. The summed E-state index contributed by atoms with van der Waals surface area (Å²) in [7, 11) is 1.58. The van der Waals surface area contributed by atoms with Crippen LogP contribution in [0.2, 0.25) is 0 Å². The lowest BCUT2D eigenvalue weighted by molar-refractivity contribution is -0.384. The number of hydrogen-bond donors (Lipinski definition) is 0. The number of ether oxygens (including phenoxy) is 1. The van der Waals surface area contributed by atoms with Crippen molar-refractivity contribution >= 4 is 45.6 Å². The standard InChI is InChI=1S/C18H21N2O5PS2/c1-13(2)19(18(21)14-5-7-15(8-6-14)20(22)23)25-26(27,28-4)17-11-9-16(24-3)10-12-17/h5-13H,1-4H3. The van der Waals surface area contributed by atoms with E-state index in [1.165, 1.54) is 40.7 Å². The maximum Gasteiger partial charge on any atom is 0.277 e. The second-order valence-electron chi connectivity index (χ2n) is 5.99. The highest BCUT2D eigenvalue weighted by molar-refractivity contribution is 8.71. The summed E-state index contributed by atoms with van der Waals surface area (Å²) in [4.78, 5) is 23.3. The molecule has 0 aromatic heterocycles. The number of nitrogens with zero attached hydrogens (tertiary/aromatic N) is 2. The Morgan fingerprint density at radius 1 is 1.18 bits per heavy atom. The number of methoxy groups -OCH3 is 1. The van der Waals surface area contributed by atoms with Crippen LogP contribution in [0.1, 0.15) is 24.2 Å². The van der Waals surface area contributed by atoms with E-state index in [4.69, 9.17) is 21.2 Å². The van der Waals surface area contributed by atoms with Gasteiger partial charge in [0.1, 0.15) is 5.75 Å². The molecule has 1 atom stereocenters. The number of amides is 1. The van der Waals surface area contributed by atoms with Crippen LogP contribution in [0.5, 0.6) is 5.75 Å². The molecule has 0 saturated carbocycles. The predicted molar refractivity (Wildman–Crippen MR) is 116 cm³/mol. The Labute approximate surface area is 173 Å². The Kier molecular flexibility index (Phi) is 7.60. The lowest BCUT2D eigenvalue weighted by Crippen LogP contribution is -2.36. The SMILES string of the molecule is COc1ccc(P(=S)(ON(C(=O)c2ccc([N+](=O)[O-])cc2)C(C)C)SC)cc1. The number of benzene rings is 2. The van der Waals surface area contributed by atoms with Gasteiger partial charge < -0.3 is 4.74 Å². The number of hydrogen-bond acceptors (Lipinski definition) is 7. The van der Waals surface area contributed by atoms with E-state index in [0.29, 0.717) is 5.75 Å². The molecule has 0 aliphatic carbocycles. The van der Waals surface area contributed by atoms with Crippen molar-refractivity contribution in [2.75, 3.05) is 13.4 Å². The quantitative estimate of drug-likeness (QED) is 0.342. The molecule has 10 heteroatoms. The minimum absolute atomic E-state index is 0.0824. The Morgan fingerprint density at radius 2 is 1.75 bits per heavy atom. The molecule has 0 aliphatic heterocycles. The third kappa shape index (κ3) is 5.11. The molecule has 0 saturated heterocycles. The van der Waals surface area contributed by atoms with Gasteiger partial charge in [-0.15, -0.1) is 0 Å². The van der Waals surface area contributed by atoms with Crippen LogP contribution in [0.4, 0.5) is 5.69 Å². The Hall–Kier alpha value is -1.93. The Balaban J connectivity index is 2.31. The molecule has 0 fully saturated rings. The zero-order valence-corrected chi connectivity index (χ0v) is 18.4. The normalized spacial score (nSPS) is 13.0. The van der Waals surface area contributed by atoms with Gasteiger partial charge in [0.25, 0.3) is 11.6 Å². The van der Waals surface area contributed by atoms with E-state index in [-0.39, 0.29) is 17.3 Å². The largest absolute Gasteiger partial charge is 0.497 e. The summed E-state index contributed by atoms with van der Waals surface area (Å²) < 4.78 is 11.3. The highest BCUT2D eigenvalue weighted by Crippen LogP contribution is 2.58. The van der Waals surface area contributed by atoms with Crippen LogP contribution in [-0.2, 0) is 16.4 Å². The zero-order valence-electron chi connectivity index (χ0n) is 15.9. The van der Waals surface area contributed by atoms with E-state index in [1.54, 1.807) is 19.2 Å². The summed E-state index contributed by atoms with van der Waals surface area (Å²) in [6, 6.07) is 12.4. The fraction of sp³-hybridized carbons (Fsp3) is 0.278. The van der Waals surface area contributed by atoms with Gasteiger partial charge in [-0.1, -0.05) is 11.4 Å². The summed E-state index contributed by atoms with van der Waals surface area (Å²) in [5.74, 6) is 0.302. The number of hydroxylamine groups is 2. The third-order valence-electron chi connectivity index (χ3n) is 3.82. The van der Waals surface area contributed by atoms with E-state index in [0.717, 1.165) is 5.30 Å². The van der Waals surface area contributed by atoms with Crippen molar-refractivity contribution in [2.45, 2.75) is 19.9 Å². The predicted octanol–water partition coefficient (Wildman–Crippen LogP) is 4.38. The average molecular weight is 440 g/mol. The van der Waals surface area contributed by atoms with Crippen molar-refractivity contribution in [1.29, 1.82) is 0 Å². The maximum atomic E-state index is 13.0. The fourth-order valence-electron chi connectivity index (χ4n) is 2.29. The van der Waals surface area contributed by atoms with Gasteiger partial charge in [-0.25, -0.2) is 9.69 Å². The lowest BCUT2D eigenvalue weighted by Gasteiger charge is -2.31. The molecule has 2 rings (SSSR count). The topological polar surface area (TPSA) is 81.9 Å². The molecule has 28 heavy (non-hydrogen) atoms. The number of non-ortho nitro benzene ring substituents is 1. The van der Waals surface area contributed by atoms with Gasteiger partial charge in [0.2, 0.25) is 0 Å². The molecule has 0 N–H and O–H groups in total. The molecular formula is C18H21N2O5PS2. The molecule has 0 spiro atoms. The summed E-state index contributed by atoms with van der Waals surface area (Å²) in [6.07, 6.45) is 1.85.